The second-order valence-electron chi connectivity index (χ2n) is 3.93. The molecule has 2 aromatic rings. The van der Waals surface area contributed by atoms with Gasteiger partial charge in [0.05, 0.1) is 4.47 Å². The van der Waals surface area contributed by atoms with Crippen LogP contribution in [0.3, 0.4) is 0 Å². The largest absolute Gasteiger partial charge is 0.453 e. The predicted octanol–water partition coefficient (Wildman–Crippen LogP) is 4.17. The van der Waals surface area contributed by atoms with Gasteiger partial charge in [0.2, 0.25) is 5.78 Å². The van der Waals surface area contributed by atoms with Crippen LogP contribution in [0.2, 0.25) is 0 Å². The van der Waals surface area contributed by atoms with E-state index < -0.39 is 5.82 Å². The van der Waals surface area contributed by atoms with E-state index in [4.69, 9.17) is 4.42 Å². The minimum atomic E-state index is -0.398. The number of fused-ring (bicyclic) bond motifs is 1. The standard InChI is InChI=1S/C12H10BrFO2/c1-6(2)12(15)11-4-7-3-8(13)9(14)5-10(7)16-11/h3-6H,1-2H3. The highest BCUT2D eigenvalue weighted by molar-refractivity contribution is 9.10. The van der Waals surface area contributed by atoms with Gasteiger partial charge in [-0.15, -0.1) is 0 Å². The lowest BCUT2D eigenvalue weighted by molar-refractivity contribution is 0.0913. The fourth-order valence-corrected chi connectivity index (χ4v) is 1.80. The Hall–Kier alpha value is -1.16. The lowest BCUT2D eigenvalue weighted by Crippen LogP contribution is -2.05. The molecule has 0 N–H and O–H groups in total. The minimum Gasteiger partial charge on any atom is -0.453 e. The van der Waals surface area contributed by atoms with E-state index in [0.717, 1.165) is 5.39 Å². The molecular formula is C12H10BrFO2. The second kappa shape index (κ2) is 4.01. The van der Waals surface area contributed by atoms with E-state index in [1.54, 1.807) is 26.0 Å². The summed E-state index contributed by atoms with van der Waals surface area (Å²) < 4.78 is 18.9. The number of halogens is 2. The molecule has 4 heteroatoms. The van der Waals surface area contributed by atoms with Crippen LogP contribution in [0.5, 0.6) is 0 Å². The van der Waals surface area contributed by atoms with Crippen molar-refractivity contribution in [1.82, 2.24) is 0 Å². The van der Waals surface area contributed by atoms with Gasteiger partial charge in [-0.05, 0) is 28.1 Å². The maximum Gasteiger partial charge on any atom is 0.200 e. The van der Waals surface area contributed by atoms with Crippen LogP contribution in [0.15, 0.2) is 27.1 Å². The van der Waals surface area contributed by atoms with Crippen LogP contribution in [-0.2, 0) is 0 Å². The first-order valence-electron chi connectivity index (χ1n) is 4.92. The number of carbonyl (C=O) groups excluding carboxylic acids is 1. The monoisotopic (exact) mass is 284 g/mol. The fraction of sp³-hybridized carbons (Fsp3) is 0.250. The molecule has 0 spiro atoms. The fourth-order valence-electron chi connectivity index (χ4n) is 1.44. The topological polar surface area (TPSA) is 30.2 Å². The molecule has 0 fully saturated rings. The smallest absolute Gasteiger partial charge is 0.200 e. The molecule has 16 heavy (non-hydrogen) atoms. The predicted molar refractivity (Wildman–Crippen MR) is 63.0 cm³/mol. The maximum atomic E-state index is 13.2. The van der Waals surface area contributed by atoms with Gasteiger partial charge < -0.3 is 4.42 Å². The van der Waals surface area contributed by atoms with E-state index in [1.807, 2.05) is 0 Å². The molecule has 0 radical (unpaired) electrons. The third kappa shape index (κ3) is 1.89. The zero-order valence-corrected chi connectivity index (χ0v) is 10.5. The van der Waals surface area contributed by atoms with Crippen molar-refractivity contribution < 1.29 is 13.6 Å². The van der Waals surface area contributed by atoms with Crippen LogP contribution < -0.4 is 0 Å². The third-order valence-electron chi connectivity index (χ3n) is 2.33. The third-order valence-corrected chi connectivity index (χ3v) is 2.93. The molecule has 1 aromatic heterocycles. The lowest BCUT2D eigenvalue weighted by Gasteiger charge is -1.97. The molecule has 0 unspecified atom stereocenters. The molecule has 1 heterocycles. The molecule has 2 nitrogen and oxygen atoms in total. The Morgan fingerprint density at radius 3 is 2.69 bits per heavy atom. The van der Waals surface area contributed by atoms with Crippen molar-refractivity contribution in [2.75, 3.05) is 0 Å². The van der Waals surface area contributed by atoms with Crippen molar-refractivity contribution in [3.05, 3.63) is 34.2 Å². The number of rotatable bonds is 2. The van der Waals surface area contributed by atoms with Crippen LogP contribution >= 0.6 is 15.9 Å². The summed E-state index contributed by atoms with van der Waals surface area (Å²) in [7, 11) is 0. The van der Waals surface area contributed by atoms with Crippen molar-refractivity contribution in [1.29, 1.82) is 0 Å². The van der Waals surface area contributed by atoms with Crippen LogP contribution in [0.25, 0.3) is 11.0 Å². The van der Waals surface area contributed by atoms with Gasteiger partial charge in [-0.1, -0.05) is 13.8 Å². The van der Waals surface area contributed by atoms with Crippen LogP contribution in [0.4, 0.5) is 4.39 Å². The average molecular weight is 285 g/mol. The zero-order chi connectivity index (χ0) is 11.9. The summed E-state index contributed by atoms with van der Waals surface area (Å²) in [5.41, 5.74) is 0.393. The van der Waals surface area contributed by atoms with Gasteiger partial charge in [0, 0.05) is 17.4 Å². The second-order valence-corrected chi connectivity index (χ2v) is 4.79. The molecule has 0 atom stereocenters. The Kier molecular flexibility index (Phi) is 2.84. The quantitative estimate of drug-likeness (QED) is 0.775. The summed E-state index contributed by atoms with van der Waals surface area (Å²) in [4.78, 5) is 11.7. The highest BCUT2D eigenvalue weighted by atomic mass is 79.9. The van der Waals surface area contributed by atoms with Gasteiger partial charge in [0.15, 0.2) is 5.76 Å². The minimum absolute atomic E-state index is 0.0762. The Bertz CT molecular complexity index is 518. The molecule has 84 valence electrons. The summed E-state index contributed by atoms with van der Waals surface area (Å²) >= 11 is 3.09. The van der Waals surface area contributed by atoms with E-state index in [0.29, 0.717) is 10.1 Å². The summed E-state index contributed by atoms with van der Waals surface area (Å²) in [6, 6.07) is 4.52. The van der Waals surface area contributed by atoms with Crippen molar-refractivity contribution in [3.8, 4) is 0 Å². The Labute approximate surface area is 101 Å². The van der Waals surface area contributed by atoms with Crippen LogP contribution in [0, 0.1) is 11.7 Å². The molecule has 0 aliphatic heterocycles. The molecule has 0 bridgehead atoms. The summed E-state index contributed by atoms with van der Waals surface area (Å²) in [6.45, 7) is 3.60. The van der Waals surface area contributed by atoms with Crippen molar-refractivity contribution >= 4 is 32.7 Å². The number of benzene rings is 1. The van der Waals surface area contributed by atoms with Gasteiger partial charge in [0.1, 0.15) is 11.4 Å². The van der Waals surface area contributed by atoms with Gasteiger partial charge in [0.25, 0.3) is 0 Å². The number of furan rings is 1. The van der Waals surface area contributed by atoms with Gasteiger partial charge in [-0.2, -0.15) is 0 Å². The Balaban J connectivity index is 2.56. The van der Waals surface area contributed by atoms with E-state index >= 15 is 0 Å². The Morgan fingerprint density at radius 2 is 2.06 bits per heavy atom. The zero-order valence-electron chi connectivity index (χ0n) is 8.88. The van der Waals surface area contributed by atoms with E-state index in [1.165, 1.54) is 6.07 Å². The van der Waals surface area contributed by atoms with Crippen molar-refractivity contribution in [2.45, 2.75) is 13.8 Å². The van der Waals surface area contributed by atoms with Gasteiger partial charge >= 0.3 is 0 Å². The molecular weight excluding hydrogens is 275 g/mol. The molecule has 2 rings (SSSR count). The molecule has 0 aliphatic carbocycles. The van der Waals surface area contributed by atoms with E-state index in [2.05, 4.69) is 15.9 Å². The first-order chi connectivity index (χ1) is 7.49. The molecule has 0 aliphatic rings. The number of carbonyl (C=O) groups is 1. The van der Waals surface area contributed by atoms with Crippen LogP contribution in [-0.4, -0.2) is 5.78 Å². The molecule has 1 aromatic carbocycles. The van der Waals surface area contributed by atoms with Gasteiger partial charge in [-0.3, -0.25) is 4.79 Å². The first-order valence-corrected chi connectivity index (χ1v) is 5.71. The highest BCUT2D eigenvalue weighted by Crippen LogP contribution is 2.27. The average Bonchev–Trinajstić information content (AvgIpc) is 2.60. The van der Waals surface area contributed by atoms with Crippen molar-refractivity contribution in [2.24, 2.45) is 5.92 Å². The SMILES string of the molecule is CC(C)C(=O)c1cc2cc(Br)c(F)cc2o1. The highest BCUT2D eigenvalue weighted by Gasteiger charge is 2.16. The molecule has 0 saturated heterocycles. The molecule has 0 amide bonds. The summed E-state index contributed by atoms with van der Waals surface area (Å²) in [6.07, 6.45) is 0. The summed E-state index contributed by atoms with van der Waals surface area (Å²) in [5, 5.41) is 0.720. The summed E-state index contributed by atoms with van der Waals surface area (Å²) in [5.74, 6) is -0.325. The van der Waals surface area contributed by atoms with Gasteiger partial charge in [-0.25, -0.2) is 4.39 Å². The van der Waals surface area contributed by atoms with E-state index in [9.17, 15) is 9.18 Å². The number of hydrogen-bond donors (Lipinski definition) is 0. The lowest BCUT2D eigenvalue weighted by atomic mass is 10.1. The Morgan fingerprint density at radius 1 is 1.38 bits per heavy atom. The first kappa shape index (κ1) is 11.3. The van der Waals surface area contributed by atoms with Crippen LogP contribution in [0.1, 0.15) is 24.4 Å². The molecule has 0 saturated carbocycles. The normalized spacial score (nSPS) is 11.3. The maximum absolute atomic E-state index is 13.2. The van der Waals surface area contributed by atoms with E-state index in [-0.39, 0.29) is 17.5 Å². The number of ketones is 1. The number of hydrogen-bond acceptors (Lipinski definition) is 2. The number of Topliss-reactive ketones (excluding diaryl/α,β-unsaturated/α-hetero) is 1. The van der Waals surface area contributed by atoms with Crippen molar-refractivity contribution in [3.63, 3.8) is 0 Å².